The van der Waals surface area contributed by atoms with Gasteiger partial charge in [0.25, 0.3) is 0 Å². The number of Topliss-reactive ketones (excluding diaryl/α,β-unsaturated/α-hetero) is 1. The molecule has 0 rings (SSSR count). The molecular weight excluding hydrogens is 159 g/mol. The molecule has 1 radical (unpaired) electrons. The van der Waals surface area contributed by atoms with Gasteiger partial charge in [0.1, 0.15) is 5.78 Å². The maximum Gasteiger partial charge on any atom is 0.126 e. The van der Waals surface area contributed by atoms with Crippen molar-refractivity contribution >= 4 is 11.6 Å². The summed E-state index contributed by atoms with van der Waals surface area (Å²) in [5, 5.41) is 6.28. The number of hydrogen-bond donors (Lipinski definition) is 2. The summed E-state index contributed by atoms with van der Waals surface area (Å²) in [6.07, 6.45) is 0. The van der Waals surface area contributed by atoms with E-state index in [1.807, 2.05) is 0 Å². The number of nitrogens with two attached hydrogens (primary N) is 1. The van der Waals surface area contributed by atoms with E-state index in [4.69, 9.17) is 11.1 Å². The van der Waals surface area contributed by atoms with E-state index in [0.29, 0.717) is 0 Å². The molecule has 0 unspecified atom stereocenters. The molecule has 0 amide bonds. The molecule has 3 nitrogen and oxygen atoms in total. The molecule has 0 fully saturated rings. The molecule has 0 aliphatic carbocycles. The number of nitrogens with one attached hydrogen (secondary N) is 1. The summed E-state index contributed by atoms with van der Waals surface area (Å²) in [6, 6.07) is 0. The summed E-state index contributed by atoms with van der Waals surface area (Å²) in [6.45, 7) is 4.58. The predicted octanol–water partition coefficient (Wildman–Crippen LogP) is 0.535. The zero-order chi connectivity index (χ0) is 7.15. The molecule has 0 aliphatic heterocycles. The van der Waals surface area contributed by atoms with Gasteiger partial charge in [-0.3, -0.25) is 5.41 Å². The van der Waals surface area contributed by atoms with E-state index in [0.717, 1.165) is 0 Å². The van der Waals surface area contributed by atoms with Crippen molar-refractivity contribution in [2.75, 3.05) is 0 Å². The molecule has 0 aromatic heterocycles. The Morgan fingerprint density at radius 3 is 1.33 bits per heavy atom. The SMILES string of the molecule is CC(=N)N.CC(C)=O.[Mn]. The molecule has 0 heterocycles. The van der Waals surface area contributed by atoms with Crippen molar-refractivity contribution in [3.63, 3.8) is 0 Å². The number of hydrogen-bond acceptors (Lipinski definition) is 2. The van der Waals surface area contributed by atoms with Gasteiger partial charge in [0, 0.05) is 17.1 Å². The van der Waals surface area contributed by atoms with E-state index in [2.05, 4.69) is 0 Å². The first kappa shape index (κ1) is 15.9. The second-order valence-electron chi connectivity index (χ2n) is 1.59. The van der Waals surface area contributed by atoms with E-state index in [-0.39, 0.29) is 28.7 Å². The summed E-state index contributed by atoms with van der Waals surface area (Å²) >= 11 is 0. The number of rotatable bonds is 0. The van der Waals surface area contributed by atoms with Gasteiger partial charge >= 0.3 is 0 Å². The molecule has 9 heavy (non-hydrogen) atoms. The van der Waals surface area contributed by atoms with Gasteiger partial charge in [-0.25, -0.2) is 0 Å². The standard InChI is InChI=1S/C3H6O.C2H6N2.Mn/c1-3(2)4;1-2(3)4;/h1-2H3;1H3,(H3,3,4);. The van der Waals surface area contributed by atoms with E-state index in [1.165, 1.54) is 20.8 Å². The van der Waals surface area contributed by atoms with Gasteiger partial charge in [-0.15, -0.1) is 0 Å². The van der Waals surface area contributed by atoms with Gasteiger partial charge in [-0.1, -0.05) is 0 Å². The van der Waals surface area contributed by atoms with Gasteiger partial charge < -0.3 is 10.5 Å². The molecule has 3 N–H and O–H groups in total. The quantitative estimate of drug-likeness (QED) is 0.317. The van der Waals surface area contributed by atoms with Crippen LogP contribution in [0, 0.1) is 5.41 Å². The summed E-state index contributed by atoms with van der Waals surface area (Å²) in [4.78, 5) is 9.44. The van der Waals surface area contributed by atoms with Crippen LogP contribution in [-0.2, 0) is 21.9 Å². The van der Waals surface area contributed by atoms with E-state index >= 15 is 0 Å². The number of carbonyl (C=O) groups is 1. The van der Waals surface area contributed by atoms with Gasteiger partial charge in [-0.05, 0) is 20.8 Å². The van der Waals surface area contributed by atoms with Crippen LogP contribution in [0.4, 0.5) is 0 Å². The minimum absolute atomic E-state index is 0. The maximum atomic E-state index is 9.44. The zero-order valence-electron chi connectivity index (χ0n) is 5.86. The van der Waals surface area contributed by atoms with Crippen molar-refractivity contribution in [1.29, 1.82) is 5.41 Å². The molecule has 0 aliphatic rings. The molecule has 0 bridgehead atoms. The molecule has 0 aromatic rings. The molecule has 0 atom stereocenters. The van der Waals surface area contributed by atoms with E-state index < -0.39 is 0 Å². The second-order valence-corrected chi connectivity index (χ2v) is 1.59. The fourth-order valence-electron chi connectivity index (χ4n) is 0. The largest absolute Gasteiger partial charge is 0.388 e. The van der Waals surface area contributed by atoms with Crippen molar-refractivity contribution in [3.8, 4) is 0 Å². The van der Waals surface area contributed by atoms with Crippen LogP contribution >= 0.6 is 0 Å². The molecule has 0 spiro atoms. The van der Waals surface area contributed by atoms with Crippen molar-refractivity contribution in [1.82, 2.24) is 0 Å². The third-order valence-electron chi connectivity index (χ3n) is 0. The van der Waals surface area contributed by atoms with Crippen LogP contribution in [0.25, 0.3) is 0 Å². The normalized spacial score (nSPS) is 5.67. The number of carbonyl (C=O) groups excluding carboxylic acids is 1. The van der Waals surface area contributed by atoms with Crippen LogP contribution in [0.15, 0.2) is 0 Å². The topological polar surface area (TPSA) is 66.9 Å². The van der Waals surface area contributed by atoms with Crippen molar-refractivity contribution in [2.45, 2.75) is 20.8 Å². The Morgan fingerprint density at radius 1 is 1.33 bits per heavy atom. The summed E-state index contributed by atoms with van der Waals surface area (Å²) in [5.41, 5.74) is 4.69. The first-order chi connectivity index (χ1) is 3.46. The third kappa shape index (κ3) is 2120. The first-order valence-corrected chi connectivity index (χ1v) is 2.24. The van der Waals surface area contributed by atoms with E-state index in [9.17, 15) is 4.79 Å². The van der Waals surface area contributed by atoms with Crippen molar-refractivity contribution < 1.29 is 21.9 Å². The minimum Gasteiger partial charge on any atom is -0.388 e. The molecule has 0 saturated heterocycles. The minimum atomic E-state index is 0. The monoisotopic (exact) mass is 171 g/mol. The first-order valence-electron chi connectivity index (χ1n) is 2.24. The fourth-order valence-corrected chi connectivity index (χ4v) is 0. The molecule has 0 aromatic carbocycles. The Bertz CT molecular complexity index is 73.0. The molecule has 55 valence electrons. The van der Waals surface area contributed by atoms with Gasteiger partial charge in [-0.2, -0.15) is 0 Å². The summed E-state index contributed by atoms with van der Waals surface area (Å²) in [5.74, 6) is 0.333. The third-order valence-corrected chi connectivity index (χ3v) is 0. The Balaban J connectivity index is -0.0000000720. The Hall–Kier alpha value is -0.341. The average Bonchev–Trinajstić information content (AvgIpc) is 1.25. The van der Waals surface area contributed by atoms with Crippen LogP contribution in [0.3, 0.4) is 0 Å². The van der Waals surface area contributed by atoms with Crippen LogP contribution in [0.5, 0.6) is 0 Å². The van der Waals surface area contributed by atoms with Crippen LogP contribution in [0.2, 0.25) is 0 Å². The zero-order valence-corrected chi connectivity index (χ0v) is 7.04. The molecule has 4 heteroatoms. The van der Waals surface area contributed by atoms with Gasteiger partial charge in [0.2, 0.25) is 0 Å². The molecule has 0 saturated carbocycles. The molecular formula is C5H12MnN2O. The Kier molecular flexibility index (Phi) is 18.7. The average molecular weight is 171 g/mol. The van der Waals surface area contributed by atoms with Crippen LogP contribution < -0.4 is 5.73 Å². The van der Waals surface area contributed by atoms with Gasteiger partial charge in [0.05, 0.1) is 5.84 Å². The Morgan fingerprint density at radius 2 is 1.33 bits per heavy atom. The summed E-state index contributed by atoms with van der Waals surface area (Å²) in [7, 11) is 0. The van der Waals surface area contributed by atoms with E-state index in [1.54, 1.807) is 0 Å². The summed E-state index contributed by atoms with van der Waals surface area (Å²) < 4.78 is 0. The fraction of sp³-hybridized carbons (Fsp3) is 0.600. The van der Waals surface area contributed by atoms with Crippen LogP contribution in [0.1, 0.15) is 20.8 Å². The van der Waals surface area contributed by atoms with Crippen LogP contribution in [-0.4, -0.2) is 11.6 Å². The number of amidine groups is 1. The maximum absolute atomic E-state index is 9.44. The van der Waals surface area contributed by atoms with Crippen molar-refractivity contribution in [2.24, 2.45) is 5.73 Å². The van der Waals surface area contributed by atoms with Crippen molar-refractivity contribution in [3.05, 3.63) is 0 Å². The Labute approximate surface area is 66.0 Å². The van der Waals surface area contributed by atoms with Gasteiger partial charge in [0.15, 0.2) is 0 Å². The second kappa shape index (κ2) is 10.6. The number of ketones is 1. The predicted molar refractivity (Wildman–Crippen MR) is 33.9 cm³/mol. The smallest absolute Gasteiger partial charge is 0.126 e.